The van der Waals surface area contributed by atoms with E-state index in [-0.39, 0.29) is 0 Å². The molecule has 0 aliphatic heterocycles. The quantitative estimate of drug-likeness (QED) is 0.666. The summed E-state index contributed by atoms with van der Waals surface area (Å²) >= 11 is 0. The molecule has 0 saturated heterocycles. The summed E-state index contributed by atoms with van der Waals surface area (Å²) < 4.78 is 0. The van der Waals surface area contributed by atoms with Crippen LogP contribution in [0.5, 0.6) is 0 Å². The third kappa shape index (κ3) is 1.06. The first kappa shape index (κ1) is 7.50. The van der Waals surface area contributed by atoms with Gasteiger partial charge in [0.2, 0.25) is 0 Å². The molecule has 1 N–H and O–H groups in total. The molecule has 1 heterocycles. The van der Waals surface area contributed by atoms with Gasteiger partial charge in [-0.1, -0.05) is 30.4 Å². The van der Waals surface area contributed by atoms with Gasteiger partial charge in [0.15, 0.2) is 0 Å². The molecular weight excluding hydrogens is 174 g/mol. The van der Waals surface area contributed by atoms with Crippen molar-refractivity contribution in [1.82, 2.24) is 15.4 Å². The first-order valence-corrected chi connectivity index (χ1v) is 4.59. The third-order valence-electron chi connectivity index (χ3n) is 2.47. The smallest absolute Gasteiger partial charge is 0.109 e. The molecule has 0 spiro atoms. The molecule has 14 heavy (non-hydrogen) atoms. The van der Waals surface area contributed by atoms with Gasteiger partial charge in [0.1, 0.15) is 5.69 Å². The molecular formula is C11H9N3. The zero-order valence-corrected chi connectivity index (χ0v) is 7.57. The normalized spacial score (nSPS) is 18.0. The van der Waals surface area contributed by atoms with Crippen molar-refractivity contribution in [2.75, 3.05) is 0 Å². The summed E-state index contributed by atoms with van der Waals surface area (Å²) in [6, 6.07) is 0. The second kappa shape index (κ2) is 2.80. The van der Waals surface area contributed by atoms with E-state index in [1.165, 1.54) is 11.1 Å². The van der Waals surface area contributed by atoms with Crippen LogP contribution in [0.25, 0.3) is 6.08 Å². The number of rotatable bonds is 0. The number of nitrogens with zero attached hydrogens (tertiary/aromatic N) is 2. The van der Waals surface area contributed by atoms with Crippen molar-refractivity contribution < 1.29 is 0 Å². The van der Waals surface area contributed by atoms with E-state index in [0.29, 0.717) is 0 Å². The highest BCUT2D eigenvalue weighted by Gasteiger charge is 2.16. The van der Waals surface area contributed by atoms with Crippen LogP contribution in [-0.2, 0) is 6.42 Å². The lowest BCUT2D eigenvalue weighted by molar-refractivity contribution is 0.915. The molecule has 0 fully saturated rings. The van der Waals surface area contributed by atoms with Crippen LogP contribution in [0, 0.1) is 0 Å². The highest BCUT2D eigenvalue weighted by molar-refractivity contribution is 5.67. The highest BCUT2D eigenvalue weighted by Crippen LogP contribution is 2.27. The number of aromatic nitrogens is 3. The molecule has 0 bridgehead atoms. The standard InChI is InChI=1S/C11H9N3/c1-2-4-8-6-10-11(13-14-12-10)7-9(8)5-3-1/h1-6H,7H2,(H,12,13,14). The number of H-pyrrole nitrogens is 1. The van der Waals surface area contributed by atoms with Gasteiger partial charge in [0.25, 0.3) is 0 Å². The van der Waals surface area contributed by atoms with Gasteiger partial charge in [-0.05, 0) is 17.2 Å². The summed E-state index contributed by atoms with van der Waals surface area (Å²) in [5, 5.41) is 10.8. The Hall–Kier alpha value is -1.90. The maximum Gasteiger partial charge on any atom is 0.109 e. The number of fused-ring (bicyclic) bond motifs is 2. The lowest BCUT2D eigenvalue weighted by atomic mass is 9.94. The number of hydrogen-bond donors (Lipinski definition) is 1. The minimum atomic E-state index is 0.867. The van der Waals surface area contributed by atoms with Gasteiger partial charge in [-0.2, -0.15) is 15.4 Å². The molecule has 0 radical (unpaired) electrons. The van der Waals surface area contributed by atoms with Crippen LogP contribution < -0.4 is 0 Å². The third-order valence-corrected chi connectivity index (χ3v) is 2.47. The number of hydrogen-bond acceptors (Lipinski definition) is 2. The van der Waals surface area contributed by atoms with Gasteiger partial charge >= 0.3 is 0 Å². The Balaban J connectivity index is 2.17. The molecule has 2 aliphatic rings. The monoisotopic (exact) mass is 183 g/mol. The van der Waals surface area contributed by atoms with E-state index in [0.717, 1.165) is 17.8 Å². The van der Waals surface area contributed by atoms with Crippen LogP contribution in [-0.4, -0.2) is 15.4 Å². The Morgan fingerprint density at radius 1 is 1.14 bits per heavy atom. The number of aromatic amines is 1. The second-order valence-electron chi connectivity index (χ2n) is 3.37. The molecule has 0 atom stereocenters. The maximum atomic E-state index is 4.11. The zero-order valence-electron chi connectivity index (χ0n) is 7.57. The number of allylic oxidation sites excluding steroid dienone is 7. The maximum absolute atomic E-state index is 4.11. The first-order valence-electron chi connectivity index (χ1n) is 4.59. The van der Waals surface area contributed by atoms with Crippen molar-refractivity contribution in [3.63, 3.8) is 0 Å². The van der Waals surface area contributed by atoms with Crippen LogP contribution in [0.1, 0.15) is 11.4 Å². The molecule has 0 aromatic carbocycles. The van der Waals surface area contributed by atoms with Gasteiger partial charge in [-0.25, -0.2) is 0 Å². The van der Waals surface area contributed by atoms with Crippen LogP contribution in [0.3, 0.4) is 0 Å². The summed E-state index contributed by atoms with van der Waals surface area (Å²) in [4.78, 5) is 0. The molecule has 3 rings (SSSR count). The van der Waals surface area contributed by atoms with Crippen LogP contribution in [0.15, 0.2) is 41.5 Å². The van der Waals surface area contributed by atoms with E-state index in [2.05, 4.69) is 39.7 Å². The van der Waals surface area contributed by atoms with Crippen molar-refractivity contribution in [3.05, 3.63) is 52.9 Å². The Kier molecular flexibility index (Phi) is 1.50. The van der Waals surface area contributed by atoms with E-state index in [1.807, 2.05) is 12.2 Å². The van der Waals surface area contributed by atoms with Gasteiger partial charge in [-0.15, -0.1) is 0 Å². The highest BCUT2D eigenvalue weighted by atomic mass is 15.3. The van der Waals surface area contributed by atoms with Crippen LogP contribution in [0.2, 0.25) is 0 Å². The predicted octanol–water partition coefficient (Wildman–Crippen LogP) is 1.80. The summed E-state index contributed by atoms with van der Waals surface area (Å²) in [5.74, 6) is 0. The average Bonchev–Trinajstić information content (AvgIpc) is 2.51. The number of nitrogens with one attached hydrogen (secondary N) is 1. The molecule has 68 valence electrons. The molecule has 0 unspecified atom stereocenters. The fourth-order valence-corrected chi connectivity index (χ4v) is 1.73. The molecule has 1 aromatic heterocycles. The minimum absolute atomic E-state index is 0.867. The van der Waals surface area contributed by atoms with Gasteiger partial charge in [-0.3, -0.25) is 0 Å². The lowest BCUT2D eigenvalue weighted by Gasteiger charge is -2.11. The topological polar surface area (TPSA) is 41.6 Å². The largest absolute Gasteiger partial charge is 0.197 e. The Morgan fingerprint density at radius 2 is 2.14 bits per heavy atom. The van der Waals surface area contributed by atoms with E-state index in [9.17, 15) is 0 Å². The van der Waals surface area contributed by atoms with E-state index in [1.54, 1.807) is 0 Å². The molecule has 1 aromatic rings. The zero-order chi connectivity index (χ0) is 9.38. The summed E-state index contributed by atoms with van der Waals surface area (Å²) in [6.07, 6.45) is 13.3. The summed E-state index contributed by atoms with van der Waals surface area (Å²) in [7, 11) is 0. The minimum Gasteiger partial charge on any atom is -0.197 e. The van der Waals surface area contributed by atoms with Crippen molar-refractivity contribution >= 4 is 6.08 Å². The first-order chi connectivity index (χ1) is 6.93. The Labute approximate surface area is 81.5 Å². The van der Waals surface area contributed by atoms with E-state index < -0.39 is 0 Å². The molecule has 3 nitrogen and oxygen atoms in total. The lowest BCUT2D eigenvalue weighted by Crippen LogP contribution is -2.01. The van der Waals surface area contributed by atoms with Crippen molar-refractivity contribution in [3.8, 4) is 0 Å². The van der Waals surface area contributed by atoms with E-state index in [4.69, 9.17) is 0 Å². The Morgan fingerprint density at radius 3 is 3.14 bits per heavy atom. The van der Waals surface area contributed by atoms with Gasteiger partial charge < -0.3 is 0 Å². The van der Waals surface area contributed by atoms with Crippen molar-refractivity contribution in [2.45, 2.75) is 6.42 Å². The van der Waals surface area contributed by atoms with Gasteiger partial charge in [0.05, 0.1) is 5.69 Å². The molecule has 3 heteroatoms. The van der Waals surface area contributed by atoms with Crippen LogP contribution in [0.4, 0.5) is 0 Å². The van der Waals surface area contributed by atoms with Crippen molar-refractivity contribution in [2.24, 2.45) is 0 Å². The second-order valence-corrected chi connectivity index (χ2v) is 3.37. The fourth-order valence-electron chi connectivity index (χ4n) is 1.73. The molecule has 0 amide bonds. The van der Waals surface area contributed by atoms with Crippen molar-refractivity contribution in [1.29, 1.82) is 0 Å². The molecule has 2 aliphatic carbocycles. The summed E-state index contributed by atoms with van der Waals surface area (Å²) in [5.41, 5.74) is 4.53. The summed E-state index contributed by atoms with van der Waals surface area (Å²) in [6.45, 7) is 0. The molecule has 0 saturated carbocycles. The Bertz CT molecular complexity index is 486. The predicted molar refractivity (Wildman–Crippen MR) is 54.4 cm³/mol. The average molecular weight is 183 g/mol. The van der Waals surface area contributed by atoms with Crippen LogP contribution >= 0.6 is 0 Å². The van der Waals surface area contributed by atoms with E-state index >= 15 is 0 Å². The fraction of sp³-hybridized carbons (Fsp3) is 0.0909. The van der Waals surface area contributed by atoms with Gasteiger partial charge in [0, 0.05) is 6.42 Å². The SMILES string of the molecule is C1=CC=C2Cc3n[nH]nc3C=C2C=C1.